The van der Waals surface area contributed by atoms with Gasteiger partial charge in [-0.3, -0.25) is 4.40 Å². The SMILES string of the molecule is COc1cc2ncc(I)n2cc1S(=O)(=O)C1(C)CC1. The van der Waals surface area contributed by atoms with Gasteiger partial charge in [0.05, 0.1) is 18.1 Å². The lowest BCUT2D eigenvalue weighted by atomic mass is 10.4. The van der Waals surface area contributed by atoms with Crippen LogP contribution in [-0.4, -0.2) is 29.7 Å². The summed E-state index contributed by atoms with van der Waals surface area (Å²) in [5.41, 5.74) is 0.682. The number of imidazole rings is 1. The molecule has 1 aliphatic rings. The highest BCUT2D eigenvalue weighted by atomic mass is 127. The van der Waals surface area contributed by atoms with E-state index < -0.39 is 14.6 Å². The van der Waals surface area contributed by atoms with E-state index in [1.54, 1.807) is 29.8 Å². The van der Waals surface area contributed by atoms with Gasteiger partial charge in [0.25, 0.3) is 0 Å². The first kappa shape index (κ1) is 13.2. The van der Waals surface area contributed by atoms with E-state index in [4.69, 9.17) is 4.74 Å². The van der Waals surface area contributed by atoms with E-state index in [9.17, 15) is 8.42 Å². The predicted octanol–water partition coefficient (Wildman–Crippen LogP) is 2.27. The minimum atomic E-state index is -3.37. The fraction of sp³-hybridized carbons (Fsp3) is 0.417. The van der Waals surface area contributed by atoms with Crippen LogP contribution in [-0.2, 0) is 9.84 Å². The second kappa shape index (κ2) is 4.08. The van der Waals surface area contributed by atoms with Crippen molar-refractivity contribution in [2.45, 2.75) is 29.4 Å². The molecule has 0 unspecified atom stereocenters. The lowest BCUT2D eigenvalue weighted by Gasteiger charge is -2.14. The number of aromatic nitrogens is 2. The normalized spacial score (nSPS) is 17.6. The molecule has 7 heteroatoms. The van der Waals surface area contributed by atoms with Gasteiger partial charge < -0.3 is 4.74 Å². The number of ether oxygens (including phenoxy) is 1. The highest BCUT2D eigenvalue weighted by Crippen LogP contribution is 2.48. The molecule has 1 fully saturated rings. The first-order valence-electron chi connectivity index (χ1n) is 5.84. The van der Waals surface area contributed by atoms with Crippen LogP contribution in [0.2, 0.25) is 0 Å². The van der Waals surface area contributed by atoms with Crippen molar-refractivity contribution in [1.82, 2.24) is 9.38 Å². The Bertz CT molecular complexity index is 763. The number of fused-ring (bicyclic) bond motifs is 1. The largest absolute Gasteiger partial charge is 0.495 e. The highest BCUT2D eigenvalue weighted by molar-refractivity contribution is 14.1. The molecule has 0 aromatic carbocycles. The van der Waals surface area contributed by atoms with Crippen LogP contribution in [0.3, 0.4) is 0 Å². The van der Waals surface area contributed by atoms with E-state index in [0.29, 0.717) is 24.2 Å². The molecule has 5 nitrogen and oxygen atoms in total. The Morgan fingerprint density at radius 1 is 1.47 bits per heavy atom. The molecule has 2 aromatic heterocycles. The number of pyridine rings is 1. The van der Waals surface area contributed by atoms with Crippen LogP contribution in [0.5, 0.6) is 5.75 Å². The average molecular weight is 392 g/mol. The first-order valence-corrected chi connectivity index (χ1v) is 8.40. The van der Waals surface area contributed by atoms with Crippen LogP contribution >= 0.6 is 22.6 Å². The molecule has 0 radical (unpaired) electrons. The van der Waals surface area contributed by atoms with Crippen molar-refractivity contribution in [2.24, 2.45) is 0 Å². The Morgan fingerprint density at radius 3 is 2.74 bits per heavy atom. The van der Waals surface area contributed by atoms with Crippen molar-refractivity contribution in [3.63, 3.8) is 0 Å². The van der Waals surface area contributed by atoms with Crippen molar-refractivity contribution >= 4 is 38.1 Å². The zero-order valence-electron chi connectivity index (χ0n) is 10.6. The summed E-state index contributed by atoms with van der Waals surface area (Å²) in [5, 5.41) is 0. The summed E-state index contributed by atoms with van der Waals surface area (Å²) in [5.74, 6) is 0.364. The van der Waals surface area contributed by atoms with E-state index in [1.165, 1.54) is 7.11 Å². The number of halogens is 1. The second-order valence-electron chi connectivity index (χ2n) is 4.97. The second-order valence-corrected chi connectivity index (χ2v) is 8.51. The Labute approximate surface area is 125 Å². The maximum absolute atomic E-state index is 12.7. The lowest BCUT2D eigenvalue weighted by Crippen LogP contribution is -2.20. The Morgan fingerprint density at radius 2 is 2.16 bits per heavy atom. The fourth-order valence-corrected chi connectivity index (χ4v) is 4.38. The quantitative estimate of drug-likeness (QED) is 0.753. The molecule has 0 aliphatic heterocycles. The Kier molecular flexibility index (Phi) is 2.83. The molecule has 0 amide bonds. The summed E-state index contributed by atoms with van der Waals surface area (Å²) in [6.07, 6.45) is 4.72. The summed E-state index contributed by atoms with van der Waals surface area (Å²) in [6.45, 7) is 1.78. The summed E-state index contributed by atoms with van der Waals surface area (Å²) in [7, 11) is -1.89. The van der Waals surface area contributed by atoms with Crippen LogP contribution in [0.15, 0.2) is 23.4 Å². The summed E-state index contributed by atoms with van der Waals surface area (Å²) < 4.78 is 32.5. The topological polar surface area (TPSA) is 60.7 Å². The molecule has 0 bridgehead atoms. The van der Waals surface area contributed by atoms with E-state index >= 15 is 0 Å². The summed E-state index contributed by atoms with van der Waals surface area (Å²) in [4.78, 5) is 4.46. The van der Waals surface area contributed by atoms with Crippen molar-refractivity contribution in [2.75, 3.05) is 7.11 Å². The van der Waals surface area contributed by atoms with Gasteiger partial charge in [-0.05, 0) is 42.4 Å². The highest BCUT2D eigenvalue weighted by Gasteiger charge is 2.51. The molecule has 2 aromatic rings. The molecule has 1 saturated carbocycles. The monoisotopic (exact) mass is 392 g/mol. The van der Waals surface area contributed by atoms with Gasteiger partial charge in [0.2, 0.25) is 0 Å². The van der Waals surface area contributed by atoms with Crippen LogP contribution in [0.1, 0.15) is 19.8 Å². The van der Waals surface area contributed by atoms with E-state index in [0.717, 1.165) is 3.70 Å². The predicted molar refractivity (Wildman–Crippen MR) is 79.3 cm³/mol. The molecule has 1 aliphatic carbocycles. The molecule has 19 heavy (non-hydrogen) atoms. The summed E-state index contributed by atoms with van der Waals surface area (Å²) >= 11 is 2.12. The first-order chi connectivity index (χ1) is 8.89. The fourth-order valence-electron chi connectivity index (χ4n) is 2.03. The number of rotatable bonds is 3. The van der Waals surface area contributed by atoms with Gasteiger partial charge in [-0.25, -0.2) is 13.4 Å². The molecule has 0 atom stereocenters. The zero-order chi connectivity index (χ0) is 13.8. The third kappa shape index (κ3) is 1.85. The Hall–Kier alpha value is -0.830. The van der Waals surface area contributed by atoms with E-state index in [-0.39, 0.29) is 4.90 Å². The Balaban J connectivity index is 2.30. The smallest absolute Gasteiger partial charge is 0.188 e. The molecule has 3 rings (SSSR count). The van der Waals surface area contributed by atoms with Crippen molar-refractivity contribution in [3.05, 3.63) is 22.2 Å². The van der Waals surface area contributed by atoms with E-state index in [1.807, 2.05) is 0 Å². The third-order valence-electron chi connectivity index (χ3n) is 3.64. The van der Waals surface area contributed by atoms with Gasteiger partial charge in [0.1, 0.15) is 20.0 Å². The minimum absolute atomic E-state index is 0.249. The molecule has 0 N–H and O–H groups in total. The minimum Gasteiger partial charge on any atom is -0.495 e. The van der Waals surface area contributed by atoms with Gasteiger partial charge in [-0.15, -0.1) is 0 Å². The van der Waals surface area contributed by atoms with Crippen LogP contribution in [0, 0.1) is 3.70 Å². The standard InChI is InChI=1S/C12H13IN2O3S/c1-12(3-4-12)19(16,17)9-7-15-10(13)6-14-11(15)5-8(9)18-2/h5-7H,3-4H2,1-2H3. The van der Waals surface area contributed by atoms with E-state index in [2.05, 4.69) is 27.6 Å². The summed E-state index contributed by atoms with van der Waals surface area (Å²) in [6, 6.07) is 1.67. The van der Waals surface area contributed by atoms with Crippen molar-refractivity contribution < 1.29 is 13.2 Å². The molecule has 2 heterocycles. The van der Waals surface area contributed by atoms with Gasteiger partial charge in [-0.1, -0.05) is 0 Å². The third-order valence-corrected chi connectivity index (χ3v) is 7.03. The van der Waals surface area contributed by atoms with Gasteiger partial charge in [0, 0.05) is 12.3 Å². The van der Waals surface area contributed by atoms with Crippen molar-refractivity contribution in [1.29, 1.82) is 0 Å². The van der Waals surface area contributed by atoms with Crippen LogP contribution < -0.4 is 4.74 Å². The zero-order valence-corrected chi connectivity index (χ0v) is 13.5. The molecule has 0 spiro atoms. The molecule has 102 valence electrons. The van der Waals surface area contributed by atoms with Gasteiger partial charge in [0.15, 0.2) is 9.84 Å². The number of hydrogen-bond donors (Lipinski definition) is 0. The van der Waals surface area contributed by atoms with Crippen LogP contribution in [0.4, 0.5) is 0 Å². The van der Waals surface area contributed by atoms with Gasteiger partial charge >= 0.3 is 0 Å². The van der Waals surface area contributed by atoms with Crippen molar-refractivity contribution in [3.8, 4) is 5.75 Å². The number of methoxy groups -OCH3 is 1. The van der Waals surface area contributed by atoms with Crippen LogP contribution in [0.25, 0.3) is 5.65 Å². The molecular weight excluding hydrogens is 379 g/mol. The lowest BCUT2D eigenvalue weighted by molar-refractivity contribution is 0.401. The number of hydrogen-bond acceptors (Lipinski definition) is 4. The molecular formula is C12H13IN2O3S. The maximum atomic E-state index is 12.7. The van der Waals surface area contributed by atoms with Gasteiger partial charge in [-0.2, -0.15) is 0 Å². The maximum Gasteiger partial charge on any atom is 0.188 e. The average Bonchev–Trinajstić information content (AvgIpc) is 3.05. The number of nitrogens with zero attached hydrogens (tertiary/aromatic N) is 2. The number of sulfone groups is 1. The molecule has 0 saturated heterocycles.